The van der Waals surface area contributed by atoms with Gasteiger partial charge in [-0.2, -0.15) is 0 Å². The van der Waals surface area contributed by atoms with Gasteiger partial charge in [0.05, 0.1) is 0 Å². The lowest BCUT2D eigenvalue weighted by Gasteiger charge is -2.14. The number of hydrogen-bond acceptors (Lipinski definition) is 5. The molecule has 0 spiro atoms. The summed E-state index contributed by atoms with van der Waals surface area (Å²) in [6.07, 6.45) is 3.35. The molecule has 0 saturated heterocycles. The highest BCUT2D eigenvalue weighted by Gasteiger charge is 2.12. The van der Waals surface area contributed by atoms with E-state index in [4.69, 9.17) is 5.73 Å². The number of rotatable bonds is 4. The number of nitrogens with one attached hydrogen (secondary N) is 1. The highest BCUT2D eigenvalue weighted by molar-refractivity contribution is 5.56. The Morgan fingerprint density at radius 2 is 2.00 bits per heavy atom. The molecule has 0 aliphatic carbocycles. The Morgan fingerprint density at radius 3 is 2.63 bits per heavy atom. The predicted molar refractivity (Wildman–Crippen MR) is 76.8 cm³/mol. The van der Waals surface area contributed by atoms with Crippen LogP contribution in [0, 0.1) is 6.92 Å². The highest BCUT2D eigenvalue weighted by Crippen LogP contribution is 2.26. The van der Waals surface area contributed by atoms with Crippen LogP contribution in [0.5, 0.6) is 0 Å². The molecule has 0 atom stereocenters. The second-order valence-corrected chi connectivity index (χ2v) is 4.84. The number of nitrogens with two attached hydrogens (primary N) is 1. The van der Waals surface area contributed by atoms with E-state index < -0.39 is 0 Å². The van der Waals surface area contributed by atoms with Crippen LogP contribution in [-0.2, 0) is 6.54 Å². The average molecular weight is 257 g/mol. The van der Waals surface area contributed by atoms with Crippen molar-refractivity contribution < 1.29 is 0 Å². The Bertz CT molecular complexity index is 548. The Kier molecular flexibility index (Phi) is 3.94. The van der Waals surface area contributed by atoms with Gasteiger partial charge in [-0.25, -0.2) is 9.97 Å². The highest BCUT2D eigenvalue weighted by atomic mass is 15.0. The van der Waals surface area contributed by atoms with Gasteiger partial charge in [0.1, 0.15) is 18.0 Å². The summed E-state index contributed by atoms with van der Waals surface area (Å²) >= 11 is 0. The lowest BCUT2D eigenvalue weighted by Crippen LogP contribution is -2.09. The molecule has 3 N–H and O–H groups in total. The number of hydrogen-bond donors (Lipinski definition) is 2. The van der Waals surface area contributed by atoms with E-state index in [1.807, 2.05) is 19.2 Å². The number of aromatic nitrogens is 3. The van der Waals surface area contributed by atoms with Crippen molar-refractivity contribution in [2.45, 2.75) is 33.2 Å². The zero-order valence-corrected chi connectivity index (χ0v) is 11.5. The third-order valence-corrected chi connectivity index (χ3v) is 2.92. The molecular formula is C14H19N5. The second kappa shape index (κ2) is 5.65. The van der Waals surface area contributed by atoms with Gasteiger partial charge >= 0.3 is 0 Å². The average Bonchev–Trinajstić information content (AvgIpc) is 2.37. The van der Waals surface area contributed by atoms with Gasteiger partial charge in [0.15, 0.2) is 0 Å². The molecule has 0 radical (unpaired) electrons. The summed E-state index contributed by atoms with van der Waals surface area (Å²) in [5, 5.41) is 3.30. The van der Waals surface area contributed by atoms with Crippen LogP contribution < -0.4 is 11.1 Å². The Balaban J connectivity index is 2.15. The molecule has 19 heavy (non-hydrogen) atoms. The molecule has 5 nitrogen and oxygen atoms in total. The molecule has 0 bridgehead atoms. The number of nitrogens with zero attached hydrogens (tertiary/aromatic N) is 3. The monoisotopic (exact) mass is 257 g/mol. The summed E-state index contributed by atoms with van der Waals surface area (Å²) in [4.78, 5) is 12.6. The standard InChI is InChI=1S/C14H19N5/c1-9(2)12-13(15)18-8-19-14(12)17-7-11-5-4-10(3)16-6-11/h4-6,8-9H,7H2,1-3H3,(H3,15,17,18,19). The molecule has 2 aromatic rings. The van der Waals surface area contributed by atoms with E-state index in [0.717, 1.165) is 22.6 Å². The molecule has 0 aromatic carbocycles. The lowest BCUT2D eigenvalue weighted by molar-refractivity contribution is 0.849. The predicted octanol–water partition coefficient (Wildman–Crippen LogP) is 2.50. The first-order valence-corrected chi connectivity index (χ1v) is 6.33. The van der Waals surface area contributed by atoms with Crippen molar-refractivity contribution in [1.82, 2.24) is 15.0 Å². The fourth-order valence-corrected chi connectivity index (χ4v) is 1.91. The Hall–Kier alpha value is -2.17. The topological polar surface area (TPSA) is 76.7 Å². The van der Waals surface area contributed by atoms with Crippen molar-refractivity contribution in [1.29, 1.82) is 0 Å². The fraction of sp³-hybridized carbons (Fsp3) is 0.357. The maximum atomic E-state index is 5.91. The van der Waals surface area contributed by atoms with E-state index in [-0.39, 0.29) is 5.92 Å². The van der Waals surface area contributed by atoms with E-state index in [2.05, 4.69) is 40.2 Å². The first kappa shape index (κ1) is 13.3. The number of anilines is 2. The molecule has 5 heteroatoms. The number of nitrogen functional groups attached to an aromatic ring is 1. The molecule has 0 aliphatic rings. The third kappa shape index (κ3) is 3.19. The van der Waals surface area contributed by atoms with E-state index in [9.17, 15) is 0 Å². The Morgan fingerprint density at radius 1 is 1.21 bits per heavy atom. The maximum Gasteiger partial charge on any atom is 0.135 e. The number of aryl methyl sites for hydroxylation is 1. The summed E-state index contributed by atoms with van der Waals surface area (Å²) in [6, 6.07) is 4.05. The molecule has 0 amide bonds. The third-order valence-electron chi connectivity index (χ3n) is 2.92. The summed E-state index contributed by atoms with van der Waals surface area (Å²) in [6.45, 7) is 6.80. The van der Waals surface area contributed by atoms with Crippen LogP contribution in [-0.4, -0.2) is 15.0 Å². The van der Waals surface area contributed by atoms with E-state index in [0.29, 0.717) is 12.4 Å². The van der Waals surface area contributed by atoms with Gasteiger partial charge in [-0.05, 0) is 24.5 Å². The van der Waals surface area contributed by atoms with Crippen molar-refractivity contribution in [3.8, 4) is 0 Å². The molecule has 0 unspecified atom stereocenters. The minimum atomic E-state index is 0.278. The van der Waals surface area contributed by atoms with Gasteiger partial charge in [0.25, 0.3) is 0 Å². The SMILES string of the molecule is Cc1ccc(CNc2ncnc(N)c2C(C)C)cn1. The molecule has 0 saturated carbocycles. The van der Waals surface area contributed by atoms with Crippen LogP contribution in [0.25, 0.3) is 0 Å². The van der Waals surface area contributed by atoms with Crippen LogP contribution in [0.4, 0.5) is 11.6 Å². The second-order valence-electron chi connectivity index (χ2n) is 4.84. The number of pyridine rings is 1. The summed E-state index contributed by atoms with van der Waals surface area (Å²) in [5.74, 6) is 1.61. The van der Waals surface area contributed by atoms with Crippen molar-refractivity contribution in [3.05, 3.63) is 41.5 Å². The zero-order chi connectivity index (χ0) is 13.8. The van der Waals surface area contributed by atoms with Gasteiger partial charge in [0, 0.05) is 24.0 Å². The van der Waals surface area contributed by atoms with Crippen molar-refractivity contribution in [2.75, 3.05) is 11.1 Å². The van der Waals surface area contributed by atoms with Crippen LogP contribution in [0.15, 0.2) is 24.7 Å². The first-order valence-electron chi connectivity index (χ1n) is 6.33. The molecule has 0 fully saturated rings. The van der Waals surface area contributed by atoms with Gasteiger partial charge in [-0.3, -0.25) is 4.98 Å². The minimum Gasteiger partial charge on any atom is -0.383 e. The van der Waals surface area contributed by atoms with Crippen molar-refractivity contribution in [2.24, 2.45) is 0 Å². The lowest BCUT2D eigenvalue weighted by atomic mass is 10.0. The molecule has 0 aliphatic heterocycles. The van der Waals surface area contributed by atoms with Crippen LogP contribution in [0.3, 0.4) is 0 Å². The largest absolute Gasteiger partial charge is 0.383 e. The first-order chi connectivity index (χ1) is 9.08. The smallest absolute Gasteiger partial charge is 0.135 e. The summed E-state index contributed by atoms with van der Waals surface area (Å²) in [7, 11) is 0. The Labute approximate surface area is 113 Å². The van der Waals surface area contributed by atoms with Gasteiger partial charge < -0.3 is 11.1 Å². The van der Waals surface area contributed by atoms with Gasteiger partial charge in [0.2, 0.25) is 0 Å². The minimum absolute atomic E-state index is 0.278. The zero-order valence-electron chi connectivity index (χ0n) is 11.5. The van der Waals surface area contributed by atoms with Crippen LogP contribution >= 0.6 is 0 Å². The van der Waals surface area contributed by atoms with Crippen LogP contribution in [0.1, 0.15) is 36.6 Å². The molecule has 2 rings (SSSR count). The van der Waals surface area contributed by atoms with Crippen LogP contribution in [0.2, 0.25) is 0 Å². The molecule has 2 heterocycles. The summed E-state index contributed by atoms with van der Waals surface area (Å²) < 4.78 is 0. The van der Waals surface area contributed by atoms with Gasteiger partial charge in [-0.15, -0.1) is 0 Å². The summed E-state index contributed by atoms with van der Waals surface area (Å²) in [5.41, 5.74) is 8.99. The van der Waals surface area contributed by atoms with E-state index in [1.54, 1.807) is 0 Å². The van der Waals surface area contributed by atoms with Crippen molar-refractivity contribution >= 4 is 11.6 Å². The molecular weight excluding hydrogens is 238 g/mol. The van der Waals surface area contributed by atoms with Crippen molar-refractivity contribution in [3.63, 3.8) is 0 Å². The van der Waals surface area contributed by atoms with Gasteiger partial charge in [-0.1, -0.05) is 19.9 Å². The van der Waals surface area contributed by atoms with E-state index in [1.165, 1.54) is 6.33 Å². The molecule has 100 valence electrons. The maximum absolute atomic E-state index is 5.91. The van der Waals surface area contributed by atoms with E-state index >= 15 is 0 Å². The molecule has 2 aromatic heterocycles. The fourth-order valence-electron chi connectivity index (χ4n) is 1.91. The normalized spacial score (nSPS) is 10.7. The quantitative estimate of drug-likeness (QED) is 0.880.